The zero-order valence-electron chi connectivity index (χ0n) is 24.4. The van der Waals surface area contributed by atoms with Gasteiger partial charge in [-0.2, -0.15) is 0 Å². The molecule has 4 N–H and O–H groups in total. The summed E-state index contributed by atoms with van der Waals surface area (Å²) in [5, 5.41) is 6.54. The maximum Gasteiger partial charge on any atom is 0.0713 e. The van der Waals surface area contributed by atoms with Crippen LogP contribution >= 0.6 is 0 Å². The van der Waals surface area contributed by atoms with Crippen LogP contribution < -0.4 is 11.5 Å². The molecule has 0 spiro atoms. The summed E-state index contributed by atoms with van der Waals surface area (Å²) >= 11 is 0. The third-order valence-electron chi connectivity index (χ3n) is 9.55. The predicted molar refractivity (Wildman–Crippen MR) is 182 cm³/mol. The fourth-order valence-electron chi connectivity index (χ4n) is 7.68. The van der Waals surface area contributed by atoms with Gasteiger partial charge in [0.15, 0.2) is 0 Å². The molecule has 0 saturated heterocycles. The van der Waals surface area contributed by atoms with Crippen LogP contribution in [0.2, 0.25) is 0 Å². The van der Waals surface area contributed by atoms with Crippen molar-refractivity contribution in [3.63, 3.8) is 0 Å². The highest BCUT2D eigenvalue weighted by atomic mass is 14.6. The first-order valence-corrected chi connectivity index (χ1v) is 14.7. The molecular weight excluding hydrogens is 520 g/mol. The Labute approximate surface area is 251 Å². The van der Waals surface area contributed by atoms with Gasteiger partial charge in [0.05, 0.1) is 6.79 Å². The number of benzene rings is 8. The summed E-state index contributed by atoms with van der Waals surface area (Å²) < 4.78 is 9.44. The largest absolute Gasteiger partial charge is 0.398 e. The second-order valence-electron chi connectivity index (χ2n) is 11.6. The molecule has 0 aliphatic heterocycles. The van der Waals surface area contributed by atoms with E-state index in [9.17, 15) is 1.37 Å². The van der Waals surface area contributed by atoms with Crippen molar-refractivity contribution in [1.82, 2.24) is 0 Å². The van der Waals surface area contributed by atoms with Crippen LogP contribution in [0.4, 0.5) is 11.4 Å². The molecule has 1 aliphatic carbocycles. The summed E-state index contributed by atoms with van der Waals surface area (Å²) in [7, 11) is 0. The highest BCUT2D eigenvalue weighted by Gasteiger charge is 2.45. The lowest BCUT2D eigenvalue weighted by Crippen LogP contribution is -2.28. The van der Waals surface area contributed by atoms with E-state index in [4.69, 9.17) is 11.5 Å². The van der Waals surface area contributed by atoms with Crippen molar-refractivity contribution in [2.45, 2.75) is 5.41 Å². The van der Waals surface area contributed by atoms with Crippen molar-refractivity contribution in [3.8, 4) is 22.3 Å². The van der Waals surface area contributed by atoms with E-state index < -0.39 is 5.41 Å². The van der Waals surface area contributed by atoms with Crippen molar-refractivity contribution in [1.29, 1.82) is 0 Å². The Kier molecular flexibility index (Phi) is 4.66. The van der Waals surface area contributed by atoms with Crippen molar-refractivity contribution in [2.75, 3.05) is 11.5 Å². The molecule has 0 radical (unpaired) electrons. The number of hydrogen-bond acceptors (Lipinski definition) is 2. The second kappa shape index (κ2) is 8.70. The molecule has 0 saturated carbocycles. The normalized spacial score (nSPS) is 13.8. The molecule has 8 aromatic rings. The Morgan fingerprint density at radius 3 is 1.84 bits per heavy atom. The highest BCUT2D eigenvalue weighted by Crippen LogP contribution is 2.56. The lowest BCUT2D eigenvalue weighted by molar-refractivity contribution is 0.768. The van der Waals surface area contributed by atoms with E-state index in [0.717, 1.165) is 54.7 Å². The van der Waals surface area contributed by atoms with E-state index in [1.807, 2.05) is 12.1 Å². The van der Waals surface area contributed by atoms with Crippen LogP contribution in [0.5, 0.6) is 0 Å². The molecule has 8 aromatic carbocycles. The topological polar surface area (TPSA) is 52.0 Å². The van der Waals surface area contributed by atoms with Crippen molar-refractivity contribution in [2.24, 2.45) is 0 Å². The summed E-state index contributed by atoms with van der Waals surface area (Å²) in [5.74, 6) is 0. The van der Waals surface area contributed by atoms with Gasteiger partial charge < -0.3 is 11.5 Å². The molecule has 0 aromatic heterocycles. The molecule has 0 bridgehead atoms. The second-order valence-corrected chi connectivity index (χ2v) is 11.6. The van der Waals surface area contributed by atoms with Gasteiger partial charge in [-0.3, -0.25) is 0 Å². The Morgan fingerprint density at radius 1 is 0.488 bits per heavy atom. The summed E-state index contributed by atoms with van der Waals surface area (Å²) in [6.45, 7) is 0. The number of anilines is 2. The van der Waals surface area contributed by atoms with Crippen LogP contribution in [0.25, 0.3) is 54.6 Å². The molecule has 0 unspecified atom stereocenters. The average molecular weight is 550 g/mol. The molecule has 0 heterocycles. The van der Waals surface area contributed by atoms with Crippen LogP contribution in [0.3, 0.4) is 0 Å². The van der Waals surface area contributed by atoms with Crippen molar-refractivity contribution in [3.05, 3.63) is 168 Å². The lowest BCUT2D eigenvalue weighted by atomic mass is 9.67. The highest BCUT2D eigenvalue weighted by molar-refractivity contribution is 6.28. The minimum absolute atomic E-state index is 0.448. The van der Waals surface area contributed by atoms with Gasteiger partial charge in [-0.05, 0) is 72.6 Å². The van der Waals surface area contributed by atoms with Gasteiger partial charge in [0, 0.05) is 27.7 Å². The first-order chi connectivity index (χ1) is 21.6. The Balaban J connectivity index is 1.30. The molecular formula is C41H28N2. The minimum atomic E-state index is -0.540. The molecule has 0 fully saturated rings. The number of rotatable bonds is 3. The monoisotopic (exact) mass is 549 g/mol. The van der Waals surface area contributed by atoms with Gasteiger partial charge in [0.1, 0.15) is 0 Å². The summed E-state index contributed by atoms with van der Waals surface area (Å²) in [6, 6.07) is 49.5. The average Bonchev–Trinajstić information content (AvgIpc) is 3.37. The maximum absolute atomic E-state index is 9.44. The third kappa shape index (κ3) is 3.13. The zero-order chi connectivity index (χ0) is 29.6. The zero-order valence-corrected chi connectivity index (χ0v) is 23.4. The fraction of sp³-hybridized carbons (Fsp3) is 0.0244. The van der Waals surface area contributed by atoms with Gasteiger partial charge in [0.2, 0.25) is 0 Å². The molecule has 2 nitrogen and oxygen atoms in total. The van der Waals surface area contributed by atoms with Gasteiger partial charge in [-0.1, -0.05) is 133 Å². The van der Waals surface area contributed by atoms with Gasteiger partial charge in [-0.25, -0.2) is 0 Å². The van der Waals surface area contributed by atoms with Gasteiger partial charge in [-0.15, -0.1) is 0 Å². The van der Waals surface area contributed by atoms with E-state index in [-0.39, 0.29) is 0 Å². The Morgan fingerprint density at radius 2 is 1.09 bits per heavy atom. The molecule has 43 heavy (non-hydrogen) atoms. The SMILES string of the molecule is [2H]c1cc(C2(c3ccccc3)c3ccccc3-c3ccccc32)ccc1-c1cc2ccc3c(N)ccc4ccc(c1N)c2c43. The van der Waals surface area contributed by atoms with Crippen LogP contribution in [0.1, 0.15) is 23.6 Å². The van der Waals surface area contributed by atoms with E-state index in [1.54, 1.807) is 0 Å². The number of hydrogen-bond donors (Lipinski definition) is 2. The minimum Gasteiger partial charge on any atom is -0.398 e. The first kappa shape index (κ1) is 23.0. The van der Waals surface area contributed by atoms with Crippen molar-refractivity contribution >= 4 is 43.7 Å². The molecule has 0 atom stereocenters. The van der Waals surface area contributed by atoms with Crippen LogP contribution in [-0.2, 0) is 5.41 Å². The molecule has 1 aliphatic rings. The third-order valence-corrected chi connectivity index (χ3v) is 9.55. The summed E-state index contributed by atoms with van der Waals surface area (Å²) in [6.07, 6.45) is 0. The van der Waals surface area contributed by atoms with Crippen LogP contribution in [0, 0.1) is 0 Å². The molecule has 2 heteroatoms. The smallest absolute Gasteiger partial charge is 0.0713 e. The van der Waals surface area contributed by atoms with E-state index in [2.05, 4.69) is 127 Å². The maximum atomic E-state index is 9.44. The first-order valence-electron chi connectivity index (χ1n) is 15.2. The standard InChI is InChI=1S/C41H28N2/c42-37-23-18-26-16-22-33-39-27(17-21-32(37)38(26)39)24-34(40(33)43)25-14-19-29(20-15-25)41(28-8-2-1-3-9-28)35-12-6-4-10-30(35)31-11-5-7-13-36(31)41/h1-24H,42-43H2/i14D. The number of nitrogen functional groups attached to an aromatic ring is 2. The van der Waals surface area contributed by atoms with Crippen LogP contribution in [-0.4, -0.2) is 0 Å². The number of nitrogens with two attached hydrogens (primary N) is 2. The van der Waals surface area contributed by atoms with E-state index in [0.29, 0.717) is 11.7 Å². The van der Waals surface area contributed by atoms with Crippen molar-refractivity contribution < 1.29 is 1.37 Å². The van der Waals surface area contributed by atoms with Gasteiger partial charge >= 0.3 is 0 Å². The quantitative estimate of drug-likeness (QED) is 0.170. The van der Waals surface area contributed by atoms with Gasteiger partial charge in [0.25, 0.3) is 0 Å². The summed E-state index contributed by atoms with van der Waals surface area (Å²) in [4.78, 5) is 0. The predicted octanol–water partition coefficient (Wildman–Crippen LogP) is 9.78. The molecule has 0 amide bonds. The fourth-order valence-corrected chi connectivity index (χ4v) is 7.68. The Bertz CT molecular complexity index is 2380. The molecule has 9 rings (SSSR count). The molecule has 202 valence electrons. The van der Waals surface area contributed by atoms with E-state index >= 15 is 0 Å². The van der Waals surface area contributed by atoms with Crippen LogP contribution in [0.15, 0.2) is 146 Å². The summed E-state index contributed by atoms with van der Waals surface area (Å²) in [5.41, 5.74) is 23.1. The number of fused-ring (bicyclic) bond motifs is 3. The lowest BCUT2D eigenvalue weighted by Gasteiger charge is -2.34. The Hall–Kier alpha value is -5.60. The van der Waals surface area contributed by atoms with E-state index in [1.165, 1.54) is 27.8 Å².